The van der Waals surface area contributed by atoms with Gasteiger partial charge in [0.25, 0.3) is 5.78 Å². The smallest absolute Gasteiger partial charge is 0.301 e. The Morgan fingerprint density at radius 1 is 0.978 bits per heavy atom. The number of Topliss-reactive ketones (excluding diaryl/α,β-unsaturated/α-hetero) is 1. The van der Waals surface area contributed by atoms with Crippen molar-refractivity contribution in [3.05, 3.63) is 101 Å². The van der Waals surface area contributed by atoms with Gasteiger partial charge >= 0.3 is 5.91 Å². The van der Waals surface area contributed by atoms with E-state index in [1.54, 1.807) is 24.3 Å². The van der Waals surface area contributed by atoms with E-state index in [1.165, 1.54) is 33.6 Å². The number of benzene rings is 3. The van der Waals surface area contributed by atoms with Crippen molar-refractivity contribution in [1.82, 2.24) is 10.2 Å². The van der Waals surface area contributed by atoms with Crippen molar-refractivity contribution in [2.24, 2.45) is 5.92 Å². The van der Waals surface area contributed by atoms with Crippen LogP contribution in [0.1, 0.15) is 61.9 Å². The Bertz CT molecular complexity index is 1670. The molecule has 1 aromatic heterocycles. The van der Waals surface area contributed by atoms with Crippen molar-refractivity contribution < 1.29 is 24.2 Å². The molecule has 0 bridgehead atoms. The van der Waals surface area contributed by atoms with Crippen LogP contribution in [0, 0.1) is 12.8 Å². The zero-order valence-electron chi connectivity index (χ0n) is 25.9. The average molecular weight is 644 g/mol. The summed E-state index contributed by atoms with van der Waals surface area (Å²) in [6, 6.07) is 21.5. The number of nitrogens with zero attached hydrogens (tertiary/aromatic N) is 3. The lowest BCUT2D eigenvalue weighted by atomic mass is 9.95. The number of carbonyl (C=O) groups is 2. The molecule has 234 valence electrons. The van der Waals surface area contributed by atoms with E-state index in [-0.39, 0.29) is 16.5 Å². The second kappa shape index (κ2) is 14.8. The summed E-state index contributed by atoms with van der Waals surface area (Å²) in [6.07, 6.45) is 1.75. The number of ether oxygens (including phenoxy) is 2. The molecule has 5 rings (SSSR count). The molecule has 0 aliphatic carbocycles. The first-order chi connectivity index (χ1) is 21.7. The van der Waals surface area contributed by atoms with Gasteiger partial charge in [-0.15, -0.1) is 10.2 Å². The standard InChI is InChI=1S/C35H37N3O5S2/c1-5-18-42-27-15-13-25(14-16-27)31(39)29-30(26-7-6-8-28(20-26)43-19-17-22(2)3)38(33(41)32(29)40)34-36-37-35(45-34)44-21-24-11-9-23(4)10-12-24/h6-16,20,22,30,39H,5,17-19,21H2,1-4H3. The average Bonchev–Trinajstić information content (AvgIpc) is 3.61. The minimum Gasteiger partial charge on any atom is -0.507 e. The highest BCUT2D eigenvalue weighted by molar-refractivity contribution is 8.00. The van der Waals surface area contributed by atoms with Gasteiger partial charge in [-0.25, -0.2) is 0 Å². The third-order valence-corrected chi connectivity index (χ3v) is 9.39. The molecule has 1 atom stereocenters. The normalized spacial score (nSPS) is 16.0. The van der Waals surface area contributed by atoms with E-state index in [0.717, 1.165) is 18.4 Å². The Morgan fingerprint density at radius 3 is 2.42 bits per heavy atom. The Balaban J connectivity index is 1.51. The van der Waals surface area contributed by atoms with Gasteiger partial charge < -0.3 is 14.6 Å². The quantitative estimate of drug-likeness (QED) is 0.0515. The van der Waals surface area contributed by atoms with Crippen molar-refractivity contribution in [3.8, 4) is 11.5 Å². The molecule has 0 saturated carbocycles. The van der Waals surface area contributed by atoms with Gasteiger partial charge in [0.2, 0.25) is 5.13 Å². The molecule has 1 fully saturated rings. The maximum absolute atomic E-state index is 13.7. The Morgan fingerprint density at radius 2 is 1.71 bits per heavy atom. The Kier molecular flexibility index (Phi) is 10.6. The molecule has 1 aliphatic rings. The van der Waals surface area contributed by atoms with Crippen LogP contribution in [0.25, 0.3) is 5.76 Å². The number of carbonyl (C=O) groups excluding carboxylic acids is 2. The van der Waals surface area contributed by atoms with Gasteiger partial charge in [0, 0.05) is 11.3 Å². The van der Waals surface area contributed by atoms with Gasteiger partial charge in [0.1, 0.15) is 17.3 Å². The number of aromatic nitrogens is 2. The highest BCUT2D eigenvalue weighted by Crippen LogP contribution is 2.44. The van der Waals surface area contributed by atoms with Crippen LogP contribution in [0.2, 0.25) is 0 Å². The summed E-state index contributed by atoms with van der Waals surface area (Å²) in [5.41, 5.74) is 3.32. The molecule has 8 nitrogen and oxygen atoms in total. The number of ketones is 1. The van der Waals surface area contributed by atoms with Gasteiger partial charge in [0.15, 0.2) is 4.34 Å². The maximum Gasteiger partial charge on any atom is 0.301 e. The van der Waals surface area contributed by atoms with Crippen molar-refractivity contribution in [2.75, 3.05) is 18.1 Å². The third-order valence-electron chi connectivity index (χ3n) is 7.27. The monoisotopic (exact) mass is 643 g/mol. The van der Waals surface area contributed by atoms with E-state index in [9.17, 15) is 14.7 Å². The molecule has 1 saturated heterocycles. The molecule has 10 heteroatoms. The summed E-state index contributed by atoms with van der Waals surface area (Å²) < 4.78 is 12.4. The molecule has 3 aromatic carbocycles. The van der Waals surface area contributed by atoms with Crippen LogP contribution in [0.5, 0.6) is 11.5 Å². The molecule has 4 aromatic rings. The van der Waals surface area contributed by atoms with Crippen molar-refractivity contribution in [2.45, 2.75) is 56.7 Å². The number of aryl methyl sites for hydroxylation is 1. The second-order valence-electron chi connectivity index (χ2n) is 11.3. The number of aliphatic hydroxyl groups is 1. The lowest BCUT2D eigenvalue weighted by molar-refractivity contribution is -0.132. The first-order valence-corrected chi connectivity index (χ1v) is 16.8. The van der Waals surface area contributed by atoms with E-state index in [4.69, 9.17) is 9.47 Å². The molecule has 1 N–H and O–H groups in total. The lowest BCUT2D eigenvalue weighted by Gasteiger charge is -2.23. The fourth-order valence-electron chi connectivity index (χ4n) is 4.80. The van der Waals surface area contributed by atoms with E-state index >= 15 is 0 Å². The summed E-state index contributed by atoms with van der Waals surface area (Å²) in [4.78, 5) is 28.7. The zero-order valence-corrected chi connectivity index (χ0v) is 27.5. The van der Waals surface area contributed by atoms with Crippen LogP contribution in [-0.2, 0) is 15.3 Å². The van der Waals surface area contributed by atoms with Crippen LogP contribution in [0.4, 0.5) is 5.13 Å². The predicted molar refractivity (Wildman–Crippen MR) is 179 cm³/mol. The van der Waals surface area contributed by atoms with Gasteiger partial charge in [-0.1, -0.05) is 85.8 Å². The first-order valence-electron chi connectivity index (χ1n) is 15.0. The molecule has 0 spiro atoms. The number of hydrogen-bond donors (Lipinski definition) is 1. The molecular weight excluding hydrogens is 607 g/mol. The Hall–Kier alpha value is -4.15. The first kappa shape index (κ1) is 32.2. The molecule has 1 unspecified atom stereocenters. The largest absolute Gasteiger partial charge is 0.507 e. The highest BCUT2D eigenvalue weighted by Gasteiger charge is 2.48. The summed E-state index contributed by atoms with van der Waals surface area (Å²) >= 11 is 2.75. The van der Waals surface area contributed by atoms with E-state index in [1.807, 2.05) is 38.1 Å². The summed E-state index contributed by atoms with van der Waals surface area (Å²) in [5.74, 6) is 0.594. The molecule has 45 heavy (non-hydrogen) atoms. The molecular formula is C35H37N3O5S2. The summed E-state index contributed by atoms with van der Waals surface area (Å²) in [5, 5.41) is 20.5. The fraction of sp³-hybridized carbons (Fsp3) is 0.314. The SMILES string of the molecule is CCCOc1ccc(C(O)=C2C(=O)C(=O)N(c3nnc(SCc4ccc(C)cc4)s3)C2c2cccc(OCCC(C)C)c2)cc1. The van der Waals surface area contributed by atoms with Gasteiger partial charge in [-0.05, 0) is 73.2 Å². The van der Waals surface area contributed by atoms with Crippen molar-refractivity contribution in [3.63, 3.8) is 0 Å². The van der Waals surface area contributed by atoms with Crippen molar-refractivity contribution in [1.29, 1.82) is 0 Å². The summed E-state index contributed by atoms with van der Waals surface area (Å²) in [7, 11) is 0. The van der Waals surface area contributed by atoms with Crippen molar-refractivity contribution >= 4 is 45.7 Å². The third kappa shape index (κ3) is 7.75. The maximum atomic E-state index is 13.7. The summed E-state index contributed by atoms with van der Waals surface area (Å²) in [6.45, 7) is 9.43. The number of anilines is 1. The molecule has 0 radical (unpaired) electrons. The number of thioether (sulfide) groups is 1. The van der Waals surface area contributed by atoms with Crippen LogP contribution in [-0.4, -0.2) is 40.2 Å². The van der Waals surface area contributed by atoms with Crippen LogP contribution >= 0.6 is 23.1 Å². The van der Waals surface area contributed by atoms with E-state index in [0.29, 0.717) is 51.9 Å². The molecule has 1 amide bonds. The molecule has 1 aliphatic heterocycles. The molecule has 2 heterocycles. The number of amides is 1. The highest BCUT2D eigenvalue weighted by atomic mass is 32.2. The van der Waals surface area contributed by atoms with Crippen LogP contribution < -0.4 is 14.4 Å². The zero-order chi connectivity index (χ0) is 31.9. The van der Waals surface area contributed by atoms with Gasteiger partial charge in [-0.3, -0.25) is 14.5 Å². The number of hydrogen-bond acceptors (Lipinski definition) is 9. The van der Waals surface area contributed by atoms with E-state index in [2.05, 4.69) is 48.3 Å². The lowest BCUT2D eigenvalue weighted by Crippen LogP contribution is -2.29. The fourth-order valence-corrected chi connectivity index (χ4v) is 6.63. The second-order valence-corrected chi connectivity index (χ2v) is 13.4. The van der Waals surface area contributed by atoms with Crippen LogP contribution in [0.15, 0.2) is 82.7 Å². The Labute approximate surface area is 272 Å². The van der Waals surface area contributed by atoms with Crippen LogP contribution in [0.3, 0.4) is 0 Å². The van der Waals surface area contributed by atoms with Gasteiger partial charge in [0.05, 0.1) is 24.8 Å². The predicted octanol–water partition coefficient (Wildman–Crippen LogP) is 7.98. The number of aliphatic hydroxyl groups excluding tert-OH is 1. The number of rotatable bonds is 13. The van der Waals surface area contributed by atoms with Gasteiger partial charge in [-0.2, -0.15) is 0 Å². The topological polar surface area (TPSA) is 102 Å². The minimum atomic E-state index is -0.933. The van der Waals surface area contributed by atoms with E-state index < -0.39 is 17.7 Å². The minimum absolute atomic E-state index is 0.0226.